The molecule has 0 N–H and O–H groups in total. The van der Waals surface area contributed by atoms with E-state index in [2.05, 4.69) is 14.3 Å². The van der Waals surface area contributed by atoms with E-state index < -0.39 is 5.24 Å². The highest BCUT2D eigenvalue weighted by Crippen LogP contribution is 2.26. The van der Waals surface area contributed by atoms with Gasteiger partial charge in [-0.25, -0.2) is 9.97 Å². The molecule has 2 aromatic rings. The second-order valence-corrected chi connectivity index (χ2v) is 3.62. The van der Waals surface area contributed by atoms with Crippen LogP contribution < -0.4 is 0 Å². The molecule has 0 aliphatic rings. The molecule has 0 saturated heterocycles. The summed E-state index contributed by atoms with van der Waals surface area (Å²) in [6, 6.07) is 0. The van der Waals surface area contributed by atoms with Gasteiger partial charge in [0, 0.05) is 0 Å². The second kappa shape index (κ2) is 3.17. The molecule has 4 nitrogen and oxygen atoms in total. The van der Waals surface area contributed by atoms with E-state index in [4.69, 9.17) is 23.2 Å². The van der Waals surface area contributed by atoms with Crippen LogP contribution in [0.3, 0.4) is 0 Å². The van der Waals surface area contributed by atoms with Gasteiger partial charge in [0.25, 0.3) is 5.24 Å². The number of rotatable bonds is 1. The first-order valence-corrected chi connectivity index (χ1v) is 4.69. The van der Waals surface area contributed by atoms with Crippen molar-refractivity contribution in [1.29, 1.82) is 0 Å². The molecule has 7 heteroatoms. The topological polar surface area (TPSA) is 55.7 Å². The molecule has 0 bridgehead atoms. The lowest BCUT2D eigenvalue weighted by Crippen LogP contribution is -1.90. The van der Waals surface area contributed by atoms with Crippen LogP contribution >= 0.6 is 34.7 Å². The second-order valence-electron chi connectivity index (χ2n) is 2.15. The minimum atomic E-state index is -0.638. The molecular formula is C6HCl2N3OS. The Kier molecular flexibility index (Phi) is 2.15. The van der Waals surface area contributed by atoms with Crippen LogP contribution in [0.15, 0.2) is 6.33 Å². The lowest BCUT2D eigenvalue weighted by molar-refractivity contribution is 0.107. The summed E-state index contributed by atoms with van der Waals surface area (Å²) >= 11 is 12.1. The van der Waals surface area contributed by atoms with E-state index in [1.165, 1.54) is 6.33 Å². The zero-order chi connectivity index (χ0) is 9.42. The fourth-order valence-electron chi connectivity index (χ4n) is 0.865. The third kappa shape index (κ3) is 1.39. The number of aromatic nitrogens is 3. The van der Waals surface area contributed by atoms with E-state index >= 15 is 0 Å². The van der Waals surface area contributed by atoms with Crippen LogP contribution in [0.5, 0.6) is 0 Å². The first-order chi connectivity index (χ1) is 6.20. The van der Waals surface area contributed by atoms with Gasteiger partial charge in [-0.2, -0.15) is 4.37 Å². The van der Waals surface area contributed by atoms with Crippen LogP contribution in [0, 0.1) is 0 Å². The minimum absolute atomic E-state index is 0.131. The molecule has 2 rings (SSSR count). The maximum atomic E-state index is 10.8. The van der Waals surface area contributed by atoms with Crippen LogP contribution in [0.1, 0.15) is 10.5 Å². The third-order valence-electron chi connectivity index (χ3n) is 1.40. The lowest BCUT2D eigenvalue weighted by atomic mass is 10.4. The Morgan fingerprint density at radius 1 is 1.46 bits per heavy atom. The van der Waals surface area contributed by atoms with Crippen molar-refractivity contribution in [3.8, 4) is 0 Å². The normalized spacial score (nSPS) is 10.6. The van der Waals surface area contributed by atoms with Crippen molar-refractivity contribution in [3.63, 3.8) is 0 Å². The summed E-state index contributed by atoms with van der Waals surface area (Å²) < 4.78 is 4.41. The van der Waals surface area contributed by atoms with Crippen molar-refractivity contribution in [3.05, 3.63) is 17.2 Å². The van der Waals surface area contributed by atoms with Crippen molar-refractivity contribution >= 4 is 50.2 Å². The van der Waals surface area contributed by atoms with Gasteiger partial charge in [0.05, 0.1) is 0 Å². The third-order valence-corrected chi connectivity index (χ3v) is 2.82. The van der Waals surface area contributed by atoms with Crippen LogP contribution in [0.25, 0.3) is 10.2 Å². The summed E-state index contributed by atoms with van der Waals surface area (Å²) in [5.74, 6) is 0. The number of halogens is 2. The van der Waals surface area contributed by atoms with Gasteiger partial charge in [-0.3, -0.25) is 4.79 Å². The van der Waals surface area contributed by atoms with Crippen LogP contribution in [-0.2, 0) is 0 Å². The van der Waals surface area contributed by atoms with E-state index in [9.17, 15) is 4.79 Å². The molecule has 0 spiro atoms. The Bertz CT molecular complexity index is 484. The van der Waals surface area contributed by atoms with Crippen LogP contribution in [-0.4, -0.2) is 19.6 Å². The lowest BCUT2D eigenvalue weighted by Gasteiger charge is -1.89. The van der Waals surface area contributed by atoms with Crippen LogP contribution in [0.4, 0.5) is 0 Å². The Balaban J connectivity index is 2.83. The first-order valence-electron chi connectivity index (χ1n) is 3.16. The summed E-state index contributed by atoms with van der Waals surface area (Å²) in [5.41, 5.74) is 0.538. The molecule has 0 saturated carbocycles. The van der Waals surface area contributed by atoms with Gasteiger partial charge < -0.3 is 0 Å². The van der Waals surface area contributed by atoms with Crippen molar-refractivity contribution in [2.24, 2.45) is 0 Å². The molecule has 0 radical (unpaired) electrons. The molecule has 0 fully saturated rings. The maximum absolute atomic E-state index is 10.8. The van der Waals surface area contributed by atoms with Crippen molar-refractivity contribution < 1.29 is 4.79 Å². The van der Waals surface area contributed by atoms with Gasteiger partial charge in [0.15, 0.2) is 10.8 Å². The van der Waals surface area contributed by atoms with Crippen molar-refractivity contribution in [1.82, 2.24) is 14.3 Å². The molecule has 0 amide bonds. The molecular weight excluding hydrogens is 233 g/mol. The molecule has 0 aromatic carbocycles. The highest BCUT2D eigenvalue weighted by molar-refractivity contribution is 7.14. The van der Waals surface area contributed by atoms with Crippen molar-refractivity contribution in [2.75, 3.05) is 0 Å². The molecule has 66 valence electrons. The van der Waals surface area contributed by atoms with Gasteiger partial charge in [-0.1, -0.05) is 11.6 Å². The van der Waals surface area contributed by atoms with E-state index in [0.717, 1.165) is 11.5 Å². The average Bonchev–Trinajstić information content (AvgIpc) is 2.48. The highest BCUT2D eigenvalue weighted by Gasteiger charge is 2.15. The van der Waals surface area contributed by atoms with Gasteiger partial charge >= 0.3 is 0 Å². The van der Waals surface area contributed by atoms with E-state index in [0.29, 0.717) is 10.2 Å². The Morgan fingerprint density at radius 2 is 2.23 bits per heavy atom. The monoisotopic (exact) mass is 233 g/mol. The van der Waals surface area contributed by atoms with Crippen LogP contribution in [0.2, 0.25) is 5.15 Å². The first kappa shape index (κ1) is 8.80. The fraction of sp³-hybridized carbons (Fsp3) is 0. The van der Waals surface area contributed by atoms with Crippen molar-refractivity contribution in [2.45, 2.75) is 0 Å². The minimum Gasteiger partial charge on any atom is -0.274 e. The SMILES string of the molecule is O=C(Cl)c1nsc2c(Cl)ncnc12. The summed E-state index contributed by atoms with van der Waals surface area (Å²) in [5, 5.41) is -0.354. The number of nitrogens with zero attached hydrogens (tertiary/aromatic N) is 3. The Labute approximate surface area is 86.7 Å². The Hall–Kier alpha value is -0.780. The Morgan fingerprint density at radius 3 is 2.92 bits per heavy atom. The van der Waals surface area contributed by atoms with E-state index in [-0.39, 0.29) is 10.8 Å². The molecule has 2 heterocycles. The molecule has 0 atom stereocenters. The van der Waals surface area contributed by atoms with Gasteiger partial charge in [0.2, 0.25) is 0 Å². The zero-order valence-electron chi connectivity index (χ0n) is 5.99. The standard InChI is InChI=1S/C6HCl2N3OS/c7-5-4-2(9-1-10-5)3(6(8)12)11-13-4/h1H. The summed E-state index contributed by atoms with van der Waals surface area (Å²) in [6.45, 7) is 0. The number of fused-ring (bicyclic) bond motifs is 1. The molecule has 0 aliphatic heterocycles. The number of hydrogen-bond donors (Lipinski definition) is 0. The zero-order valence-corrected chi connectivity index (χ0v) is 8.32. The maximum Gasteiger partial charge on any atom is 0.274 e. The quantitative estimate of drug-likeness (QED) is 0.560. The molecule has 0 aliphatic carbocycles. The molecule has 13 heavy (non-hydrogen) atoms. The molecule has 2 aromatic heterocycles. The predicted octanol–water partition coefficient (Wildman–Crippen LogP) is 2.12. The van der Waals surface area contributed by atoms with Gasteiger partial charge in [0.1, 0.15) is 16.5 Å². The summed E-state index contributed by atoms with van der Waals surface area (Å²) in [6.07, 6.45) is 1.27. The largest absolute Gasteiger partial charge is 0.274 e. The van der Waals surface area contributed by atoms with Gasteiger partial charge in [-0.15, -0.1) is 0 Å². The smallest absolute Gasteiger partial charge is 0.274 e. The molecule has 0 unspecified atom stereocenters. The van der Waals surface area contributed by atoms with Gasteiger partial charge in [-0.05, 0) is 23.1 Å². The fourth-order valence-corrected chi connectivity index (χ4v) is 2.00. The summed E-state index contributed by atoms with van der Waals surface area (Å²) in [4.78, 5) is 18.5. The average molecular weight is 234 g/mol. The predicted molar refractivity (Wildman–Crippen MR) is 50.4 cm³/mol. The number of carbonyl (C=O) groups excluding carboxylic acids is 1. The summed E-state index contributed by atoms with van der Waals surface area (Å²) in [7, 11) is 0. The highest BCUT2D eigenvalue weighted by atomic mass is 35.5. The van der Waals surface area contributed by atoms with E-state index in [1.54, 1.807) is 0 Å². The number of carbonyl (C=O) groups is 1. The number of hydrogen-bond acceptors (Lipinski definition) is 5. The van der Waals surface area contributed by atoms with E-state index in [1.807, 2.05) is 0 Å².